The maximum Gasteiger partial charge on any atom is 0.354 e. The largest absolute Gasteiger partial charge is 0.479 e. The molecule has 0 fully saturated rings. The van der Waals surface area contributed by atoms with E-state index < -0.39 is 18.0 Å². The average molecular weight is 225 g/mol. The van der Waals surface area contributed by atoms with Gasteiger partial charge >= 0.3 is 11.9 Å². The van der Waals surface area contributed by atoms with Gasteiger partial charge in [0.15, 0.2) is 6.10 Å². The van der Waals surface area contributed by atoms with E-state index >= 15 is 0 Å². The molecule has 1 atom stereocenters. The summed E-state index contributed by atoms with van der Waals surface area (Å²) in [6.07, 6.45) is 0.558. The van der Waals surface area contributed by atoms with Crippen LogP contribution in [0.5, 0.6) is 5.75 Å². The number of aromatic carboxylic acids is 1. The minimum atomic E-state index is -1.14. The van der Waals surface area contributed by atoms with Crippen molar-refractivity contribution in [1.82, 2.24) is 4.98 Å². The van der Waals surface area contributed by atoms with E-state index in [1.54, 1.807) is 6.92 Å². The van der Waals surface area contributed by atoms with Crippen molar-refractivity contribution >= 4 is 11.9 Å². The van der Waals surface area contributed by atoms with Crippen molar-refractivity contribution in [2.45, 2.75) is 19.4 Å². The normalized spacial score (nSPS) is 11.8. The van der Waals surface area contributed by atoms with Crippen molar-refractivity contribution in [3.63, 3.8) is 0 Å². The number of carbonyl (C=O) groups is 2. The van der Waals surface area contributed by atoms with E-state index in [0.717, 1.165) is 0 Å². The Labute approximate surface area is 91.5 Å². The topological polar surface area (TPSA) is 96.7 Å². The number of hydrogen-bond acceptors (Lipinski definition) is 4. The molecule has 0 aromatic carbocycles. The van der Waals surface area contributed by atoms with Crippen LogP contribution in [0.3, 0.4) is 0 Å². The Morgan fingerprint density at radius 2 is 2.12 bits per heavy atom. The van der Waals surface area contributed by atoms with Crippen LogP contribution in [0.25, 0.3) is 0 Å². The third kappa shape index (κ3) is 2.94. The molecular weight excluding hydrogens is 214 g/mol. The maximum atomic E-state index is 10.7. The monoisotopic (exact) mass is 225 g/mol. The third-order valence-electron chi connectivity index (χ3n) is 1.88. The van der Waals surface area contributed by atoms with E-state index in [1.807, 2.05) is 0 Å². The molecule has 1 aromatic heterocycles. The van der Waals surface area contributed by atoms with Crippen molar-refractivity contribution < 1.29 is 24.5 Å². The minimum Gasteiger partial charge on any atom is -0.479 e. The molecule has 0 saturated heterocycles. The van der Waals surface area contributed by atoms with E-state index in [1.165, 1.54) is 18.3 Å². The molecule has 0 amide bonds. The smallest absolute Gasteiger partial charge is 0.354 e. The van der Waals surface area contributed by atoms with Gasteiger partial charge in [0.25, 0.3) is 0 Å². The van der Waals surface area contributed by atoms with Crippen LogP contribution < -0.4 is 4.74 Å². The summed E-state index contributed by atoms with van der Waals surface area (Å²) in [5.41, 5.74) is -0.115. The molecular formula is C10H11NO5. The zero-order valence-electron chi connectivity index (χ0n) is 8.58. The van der Waals surface area contributed by atoms with Gasteiger partial charge in [-0.1, -0.05) is 6.92 Å². The lowest BCUT2D eigenvalue weighted by atomic mass is 10.3. The number of carboxylic acid groups (broad SMARTS) is 2. The van der Waals surface area contributed by atoms with Gasteiger partial charge in [-0.15, -0.1) is 0 Å². The molecule has 1 heterocycles. The lowest BCUT2D eigenvalue weighted by Gasteiger charge is -2.12. The number of rotatable bonds is 5. The first kappa shape index (κ1) is 12.0. The molecule has 0 saturated carbocycles. The number of nitrogens with zero attached hydrogens (tertiary/aromatic N) is 1. The van der Waals surface area contributed by atoms with Crippen molar-refractivity contribution in [3.05, 3.63) is 24.0 Å². The highest BCUT2D eigenvalue weighted by molar-refractivity contribution is 5.85. The fourth-order valence-electron chi connectivity index (χ4n) is 1.05. The average Bonchev–Trinajstić information content (AvgIpc) is 2.26. The molecule has 0 aliphatic heterocycles. The molecule has 0 radical (unpaired) electrons. The van der Waals surface area contributed by atoms with Crippen LogP contribution in [0.1, 0.15) is 23.8 Å². The molecule has 6 heteroatoms. The molecule has 86 valence electrons. The summed E-state index contributed by atoms with van der Waals surface area (Å²) in [7, 11) is 0. The Morgan fingerprint density at radius 1 is 1.44 bits per heavy atom. The Balaban J connectivity index is 2.75. The highest BCUT2D eigenvalue weighted by Gasteiger charge is 2.17. The van der Waals surface area contributed by atoms with E-state index in [0.29, 0.717) is 6.42 Å². The van der Waals surface area contributed by atoms with E-state index in [9.17, 15) is 9.59 Å². The quantitative estimate of drug-likeness (QED) is 0.776. The molecule has 0 bridgehead atoms. The third-order valence-corrected chi connectivity index (χ3v) is 1.88. The molecule has 1 aromatic rings. The van der Waals surface area contributed by atoms with E-state index in [2.05, 4.69) is 4.98 Å². The second-order valence-corrected chi connectivity index (χ2v) is 3.04. The van der Waals surface area contributed by atoms with Gasteiger partial charge in [0, 0.05) is 0 Å². The van der Waals surface area contributed by atoms with Crippen LogP contribution in [0, 0.1) is 0 Å². The van der Waals surface area contributed by atoms with Gasteiger partial charge in [-0.25, -0.2) is 14.6 Å². The Hall–Kier alpha value is -2.11. The Kier molecular flexibility index (Phi) is 3.82. The number of carboxylic acids is 2. The number of ether oxygens (including phenoxy) is 1. The summed E-state index contributed by atoms with van der Waals surface area (Å²) in [5, 5.41) is 17.3. The van der Waals surface area contributed by atoms with Crippen molar-refractivity contribution in [1.29, 1.82) is 0 Å². The molecule has 0 aliphatic rings. The number of aromatic nitrogens is 1. The van der Waals surface area contributed by atoms with Gasteiger partial charge in [0.1, 0.15) is 11.4 Å². The van der Waals surface area contributed by atoms with Gasteiger partial charge in [0.2, 0.25) is 0 Å². The predicted octanol–water partition coefficient (Wildman–Crippen LogP) is 1.02. The number of hydrogen-bond donors (Lipinski definition) is 2. The summed E-state index contributed by atoms with van der Waals surface area (Å²) < 4.78 is 5.10. The minimum absolute atomic E-state index is 0.115. The maximum absolute atomic E-state index is 10.7. The predicted molar refractivity (Wildman–Crippen MR) is 53.5 cm³/mol. The summed E-state index contributed by atoms with van der Waals surface area (Å²) >= 11 is 0. The number of pyridine rings is 1. The summed E-state index contributed by atoms with van der Waals surface area (Å²) in [5.74, 6) is -1.97. The molecule has 16 heavy (non-hydrogen) atoms. The van der Waals surface area contributed by atoms with Gasteiger partial charge in [0.05, 0.1) is 6.20 Å². The van der Waals surface area contributed by atoms with Gasteiger partial charge < -0.3 is 14.9 Å². The fraction of sp³-hybridized carbons (Fsp3) is 0.300. The molecule has 2 N–H and O–H groups in total. The van der Waals surface area contributed by atoms with Crippen LogP contribution in [-0.2, 0) is 4.79 Å². The van der Waals surface area contributed by atoms with E-state index in [-0.39, 0.29) is 11.4 Å². The van der Waals surface area contributed by atoms with Crippen molar-refractivity contribution in [3.8, 4) is 5.75 Å². The summed E-state index contributed by atoms with van der Waals surface area (Å²) in [6.45, 7) is 1.68. The SMILES string of the molecule is CCC(Oc1ccc(C(=O)O)nc1)C(=O)O. The van der Waals surface area contributed by atoms with Crippen molar-refractivity contribution in [2.24, 2.45) is 0 Å². The number of aliphatic carboxylic acids is 1. The standard InChI is InChI=1S/C10H11NO5/c1-2-8(10(14)15)16-6-3-4-7(9(12)13)11-5-6/h3-5,8H,2H2,1H3,(H,12,13)(H,14,15). The second-order valence-electron chi connectivity index (χ2n) is 3.04. The zero-order chi connectivity index (χ0) is 12.1. The van der Waals surface area contributed by atoms with Crippen LogP contribution in [0.15, 0.2) is 18.3 Å². The van der Waals surface area contributed by atoms with Crippen LogP contribution in [0.2, 0.25) is 0 Å². The highest BCUT2D eigenvalue weighted by Crippen LogP contribution is 2.12. The summed E-state index contributed by atoms with van der Waals surface area (Å²) in [4.78, 5) is 24.8. The Bertz CT molecular complexity index is 387. The van der Waals surface area contributed by atoms with Crippen LogP contribution >= 0.6 is 0 Å². The Morgan fingerprint density at radius 3 is 2.50 bits per heavy atom. The lowest BCUT2D eigenvalue weighted by Crippen LogP contribution is -2.26. The first-order chi connectivity index (χ1) is 7.54. The highest BCUT2D eigenvalue weighted by atomic mass is 16.5. The van der Waals surface area contributed by atoms with Gasteiger partial charge in [-0.3, -0.25) is 0 Å². The first-order valence-corrected chi connectivity index (χ1v) is 4.63. The second kappa shape index (κ2) is 5.11. The summed E-state index contributed by atoms with van der Waals surface area (Å²) in [6, 6.07) is 2.63. The lowest BCUT2D eigenvalue weighted by molar-refractivity contribution is -0.145. The van der Waals surface area contributed by atoms with Crippen LogP contribution in [-0.4, -0.2) is 33.2 Å². The molecule has 1 rings (SSSR count). The first-order valence-electron chi connectivity index (χ1n) is 4.63. The van der Waals surface area contributed by atoms with Crippen molar-refractivity contribution in [2.75, 3.05) is 0 Å². The van der Waals surface area contributed by atoms with E-state index in [4.69, 9.17) is 14.9 Å². The van der Waals surface area contributed by atoms with Crippen LogP contribution in [0.4, 0.5) is 0 Å². The fourth-order valence-corrected chi connectivity index (χ4v) is 1.05. The van der Waals surface area contributed by atoms with Gasteiger partial charge in [-0.05, 0) is 18.6 Å². The molecule has 1 unspecified atom stereocenters. The molecule has 0 aliphatic carbocycles. The van der Waals surface area contributed by atoms with Gasteiger partial charge in [-0.2, -0.15) is 0 Å². The molecule has 6 nitrogen and oxygen atoms in total. The zero-order valence-corrected chi connectivity index (χ0v) is 8.58. The molecule has 0 spiro atoms.